The number of H-pyrrole nitrogens is 1. The Morgan fingerprint density at radius 1 is 1.68 bits per heavy atom. The van der Waals surface area contributed by atoms with Crippen LogP contribution >= 0.6 is 12.6 Å². The molecule has 104 valence electrons. The second-order valence-corrected chi connectivity index (χ2v) is 5.61. The lowest BCUT2D eigenvalue weighted by atomic mass is 10.1. The van der Waals surface area contributed by atoms with Crippen LogP contribution in [0.1, 0.15) is 37.1 Å². The molecule has 7 heteroatoms. The Morgan fingerprint density at radius 3 is 2.89 bits per heavy atom. The van der Waals surface area contributed by atoms with Crippen LogP contribution in [0.5, 0.6) is 0 Å². The number of nitrogens with zero attached hydrogens (tertiary/aromatic N) is 2. The Labute approximate surface area is 116 Å². The van der Waals surface area contributed by atoms with Crippen LogP contribution in [0.15, 0.2) is 12.5 Å². The maximum absolute atomic E-state index is 12.4. The SMILES string of the molecule is C[C@@H]1CCC[N+]1(C(=O)O)C(=O)CC(S)c1cnc[nH]1. The first kappa shape index (κ1) is 14.1. The van der Waals surface area contributed by atoms with Crippen LogP contribution in [0.4, 0.5) is 4.79 Å². The van der Waals surface area contributed by atoms with Gasteiger partial charge in [0.05, 0.1) is 24.5 Å². The second kappa shape index (κ2) is 5.34. The molecular formula is C12H18N3O3S+. The molecule has 0 aliphatic carbocycles. The fraction of sp³-hybridized carbons (Fsp3) is 0.583. The lowest BCUT2D eigenvalue weighted by molar-refractivity contribution is -0.792. The van der Waals surface area contributed by atoms with Gasteiger partial charge in [0.2, 0.25) is 0 Å². The van der Waals surface area contributed by atoms with Gasteiger partial charge >= 0.3 is 12.0 Å². The summed E-state index contributed by atoms with van der Waals surface area (Å²) in [5.74, 6) is -0.285. The number of carboxylic acid groups (broad SMARTS) is 1. The molecule has 0 radical (unpaired) electrons. The minimum atomic E-state index is -1.06. The molecule has 0 aromatic carbocycles. The number of rotatable bonds is 3. The third-order valence-corrected chi connectivity index (χ3v) is 4.38. The summed E-state index contributed by atoms with van der Waals surface area (Å²) in [6.45, 7) is 2.20. The zero-order valence-electron chi connectivity index (χ0n) is 10.7. The first-order valence-corrected chi connectivity index (χ1v) is 6.81. The van der Waals surface area contributed by atoms with Crippen molar-refractivity contribution in [3.63, 3.8) is 0 Å². The van der Waals surface area contributed by atoms with Gasteiger partial charge in [-0.3, -0.25) is 0 Å². The number of quaternary nitrogens is 1. The first-order chi connectivity index (χ1) is 8.98. The molecular weight excluding hydrogens is 266 g/mol. The van der Waals surface area contributed by atoms with E-state index in [4.69, 9.17) is 0 Å². The van der Waals surface area contributed by atoms with Gasteiger partial charge in [0, 0.05) is 24.7 Å². The van der Waals surface area contributed by atoms with Crippen LogP contribution < -0.4 is 0 Å². The molecule has 0 spiro atoms. The highest BCUT2D eigenvalue weighted by atomic mass is 32.1. The smallest absolute Gasteiger partial charge is 0.435 e. The maximum Gasteiger partial charge on any atom is 0.521 e. The third kappa shape index (κ3) is 2.40. The zero-order chi connectivity index (χ0) is 14.0. The van der Waals surface area contributed by atoms with E-state index in [1.165, 1.54) is 6.33 Å². The molecule has 2 heterocycles. The molecule has 2 N–H and O–H groups in total. The third-order valence-electron chi connectivity index (χ3n) is 3.92. The van der Waals surface area contributed by atoms with Crippen molar-refractivity contribution in [3.05, 3.63) is 18.2 Å². The number of amides is 2. The molecule has 2 unspecified atom stereocenters. The minimum absolute atomic E-state index is 0.0853. The van der Waals surface area contributed by atoms with Crippen LogP contribution in [0.3, 0.4) is 0 Å². The molecule has 0 bridgehead atoms. The average molecular weight is 284 g/mol. The van der Waals surface area contributed by atoms with Crippen LogP contribution in [0, 0.1) is 0 Å². The standard InChI is InChI=1S/C12H17N3O3S/c1-8-3-2-4-15(8,12(17)18)11(16)5-10(19)9-6-13-7-14-9/h6-8,10H,2-5H2,1H3,(H2-,13,14,17,18,19)/p+1/t8-,10?,15?/m1/s1. The molecule has 1 aromatic rings. The summed E-state index contributed by atoms with van der Waals surface area (Å²) >= 11 is 4.36. The predicted molar refractivity (Wildman–Crippen MR) is 71.8 cm³/mol. The Kier molecular flexibility index (Phi) is 3.96. The Morgan fingerprint density at radius 2 is 2.42 bits per heavy atom. The van der Waals surface area contributed by atoms with E-state index in [2.05, 4.69) is 22.6 Å². The zero-order valence-corrected chi connectivity index (χ0v) is 11.6. The predicted octanol–water partition coefficient (Wildman–Crippen LogP) is 1.97. The Balaban J connectivity index is 2.15. The highest BCUT2D eigenvalue weighted by molar-refractivity contribution is 7.80. The maximum atomic E-state index is 12.4. The summed E-state index contributed by atoms with van der Waals surface area (Å²) in [5.41, 5.74) is 0.729. The van der Waals surface area contributed by atoms with Gasteiger partial charge in [-0.05, 0) is 6.92 Å². The molecule has 1 aliphatic rings. The van der Waals surface area contributed by atoms with E-state index < -0.39 is 10.6 Å². The minimum Gasteiger partial charge on any atom is -0.435 e. The number of carbonyl (C=O) groups excluding carboxylic acids is 1. The number of aromatic nitrogens is 2. The fourth-order valence-electron chi connectivity index (χ4n) is 2.73. The van der Waals surface area contributed by atoms with E-state index in [1.807, 2.05) is 6.92 Å². The van der Waals surface area contributed by atoms with E-state index in [0.29, 0.717) is 6.54 Å². The van der Waals surface area contributed by atoms with E-state index in [0.717, 1.165) is 18.5 Å². The van der Waals surface area contributed by atoms with Gasteiger partial charge in [0.1, 0.15) is 6.04 Å². The van der Waals surface area contributed by atoms with Crippen molar-refractivity contribution in [2.75, 3.05) is 6.54 Å². The van der Waals surface area contributed by atoms with Crippen molar-refractivity contribution in [3.8, 4) is 0 Å². The number of hydrogen-bond donors (Lipinski definition) is 3. The van der Waals surface area contributed by atoms with Crippen molar-refractivity contribution in [1.82, 2.24) is 9.97 Å². The van der Waals surface area contributed by atoms with E-state index in [-0.39, 0.29) is 23.6 Å². The van der Waals surface area contributed by atoms with Gasteiger partial charge in [0.15, 0.2) is 0 Å². The topological polar surface area (TPSA) is 83.0 Å². The van der Waals surface area contributed by atoms with Crippen molar-refractivity contribution in [1.29, 1.82) is 0 Å². The molecule has 2 rings (SSSR count). The van der Waals surface area contributed by atoms with Crippen LogP contribution in [-0.2, 0) is 4.79 Å². The van der Waals surface area contributed by atoms with Crippen LogP contribution in [-0.4, -0.2) is 44.1 Å². The van der Waals surface area contributed by atoms with Crippen molar-refractivity contribution in [2.24, 2.45) is 0 Å². The largest absolute Gasteiger partial charge is 0.521 e. The summed E-state index contributed by atoms with van der Waals surface area (Å²) in [5, 5.41) is 9.10. The number of thiol groups is 1. The molecule has 6 nitrogen and oxygen atoms in total. The lowest BCUT2D eigenvalue weighted by Crippen LogP contribution is -2.58. The molecule has 0 saturated carbocycles. The number of aromatic amines is 1. The molecule has 2 amide bonds. The molecule has 1 aromatic heterocycles. The van der Waals surface area contributed by atoms with Gasteiger partial charge in [-0.2, -0.15) is 21.9 Å². The number of nitrogens with one attached hydrogen (secondary N) is 1. The van der Waals surface area contributed by atoms with Crippen LogP contribution in [0.25, 0.3) is 0 Å². The number of carbonyl (C=O) groups is 2. The summed E-state index contributed by atoms with van der Waals surface area (Å²) < 4.78 is -0.467. The van der Waals surface area contributed by atoms with Gasteiger partial charge in [-0.25, -0.2) is 9.78 Å². The van der Waals surface area contributed by atoms with Gasteiger partial charge < -0.3 is 10.1 Å². The molecule has 3 atom stereocenters. The summed E-state index contributed by atoms with van der Waals surface area (Å²) in [6, 6.07) is -0.174. The van der Waals surface area contributed by atoms with Gasteiger partial charge in [-0.1, -0.05) is 0 Å². The van der Waals surface area contributed by atoms with Crippen molar-refractivity contribution >= 4 is 24.6 Å². The van der Waals surface area contributed by atoms with E-state index >= 15 is 0 Å². The van der Waals surface area contributed by atoms with Gasteiger partial charge in [-0.15, -0.1) is 0 Å². The summed E-state index contributed by atoms with van der Waals surface area (Å²) in [7, 11) is 0. The first-order valence-electron chi connectivity index (χ1n) is 6.29. The number of likely N-dealkylation sites (tertiary alicyclic amines) is 1. The van der Waals surface area contributed by atoms with Crippen molar-refractivity contribution < 1.29 is 19.2 Å². The van der Waals surface area contributed by atoms with Crippen LogP contribution in [0.2, 0.25) is 0 Å². The second-order valence-electron chi connectivity index (χ2n) is 4.99. The molecule has 1 aliphatic heterocycles. The lowest BCUT2D eigenvalue weighted by Gasteiger charge is -2.30. The van der Waals surface area contributed by atoms with Crippen molar-refractivity contribution in [2.45, 2.75) is 37.5 Å². The Hall–Kier alpha value is -1.34. The molecule has 19 heavy (non-hydrogen) atoms. The fourth-order valence-corrected chi connectivity index (χ4v) is 3.02. The monoisotopic (exact) mass is 284 g/mol. The summed E-state index contributed by atoms with van der Waals surface area (Å²) in [6.07, 6.45) is 3.68. The number of imide groups is 1. The normalized spacial score (nSPS) is 28.2. The van der Waals surface area contributed by atoms with E-state index in [9.17, 15) is 14.7 Å². The van der Waals surface area contributed by atoms with Gasteiger partial charge in [0.25, 0.3) is 0 Å². The quantitative estimate of drug-likeness (QED) is 0.585. The number of imidazole rings is 1. The highest BCUT2D eigenvalue weighted by Crippen LogP contribution is 2.32. The average Bonchev–Trinajstić information content (AvgIpc) is 2.97. The summed E-state index contributed by atoms with van der Waals surface area (Å²) in [4.78, 5) is 30.8. The molecule has 1 fully saturated rings. The Bertz CT molecular complexity index is 477. The van der Waals surface area contributed by atoms with E-state index in [1.54, 1.807) is 6.20 Å². The number of hydrogen-bond acceptors (Lipinski definition) is 4. The highest BCUT2D eigenvalue weighted by Gasteiger charge is 2.52. The molecule has 1 saturated heterocycles.